The van der Waals surface area contributed by atoms with Crippen molar-refractivity contribution in [1.82, 2.24) is 19.9 Å². The van der Waals surface area contributed by atoms with Crippen LogP contribution in [-0.4, -0.2) is 56.7 Å². The number of ether oxygens (including phenoxy) is 2. The Morgan fingerprint density at radius 3 is 2.42 bits per heavy atom. The van der Waals surface area contributed by atoms with Gasteiger partial charge in [-0.3, -0.25) is 0 Å². The summed E-state index contributed by atoms with van der Waals surface area (Å²) >= 11 is 5.29. The highest BCUT2D eigenvalue weighted by atomic mass is 35.5. The lowest BCUT2D eigenvalue weighted by Gasteiger charge is -2.33. The molecule has 0 spiro atoms. The van der Waals surface area contributed by atoms with Gasteiger partial charge in [-0.05, 0) is 33.6 Å². The first-order chi connectivity index (χ1) is 12.1. The Kier molecular flexibility index (Phi) is 6.38. The summed E-state index contributed by atoms with van der Waals surface area (Å²) in [6.07, 6.45) is -2.64. The second kappa shape index (κ2) is 8.15. The zero-order chi connectivity index (χ0) is 19.5. The van der Waals surface area contributed by atoms with Gasteiger partial charge in [-0.15, -0.1) is 5.10 Å². The van der Waals surface area contributed by atoms with Crippen molar-refractivity contribution in [2.24, 2.45) is 0 Å². The predicted molar refractivity (Wildman–Crippen MR) is 87.2 cm³/mol. The van der Waals surface area contributed by atoms with Crippen LogP contribution in [0.2, 0.25) is 0 Å². The van der Waals surface area contributed by atoms with Crippen LogP contribution in [0.15, 0.2) is 0 Å². The Morgan fingerprint density at radius 2 is 1.92 bits per heavy atom. The van der Waals surface area contributed by atoms with E-state index in [1.807, 2.05) is 0 Å². The summed E-state index contributed by atoms with van der Waals surface area (Å²) in [5.41, 5.74) is -1.76. The number of alkyl halides is 3. The predicted octanol–water partition coefficient (Wildman–Crippen LogP) is 3.14. The van der Waals surface area contributed by atoms with Crippen molar-refractivity contribution < 1.29 is 27.8 Å². The molecule has 26 heavy (non-hydrogen) atoms. The fraction of sp³-hybridized carbons (Fsp3) is 0.733. The molecule has 1 aliphatic rings. The maximum absolute atomic E-state index is 13.4. The SMILES string of the molecule is CC(C)(C)OC(=O)N1CCC(n2nnc(C(=O)OCCl)c2C(F)F)CC1. The molecule has 1 aromatic heterocycles. The fourth-order valence-corrected chi connectivity index (χ4v) is 2.76. The molecule has 1 fully saturated rings. The molecule has 1 aromatic rings. The number of halogens is 3. The zero-order valence-electron chi connectivity index (χ0n) is 14.7. The minimum atomic E-state index is -2.95. The van der Waals surface area contributed by atoms with Gasteiger partial charge in [0.05, 0.1) is 6.04 Å². The number of hydrogen-bond donors (Lipinski definition) is 0. The van der Waals surface area contributed by atoms with Crippen molar-refractivity contribution in [3.8, 4) is 0 Å². The lowest BCUT2D eigenvalue weighted by molar-refractivity contribution is 0.0178. The molecule has 8 nitrogen and oxygen atoms in total. The summed E-state index contributed by atoms with van der Waals surface area (Å²) in [6.45, 7) is 5.95. The van der Waals surface area contributed by atoms with Gasteiger partial charge in [0.25, 0.3) is 6.43 Å². The van der Waals surface area contributed by atoms with E-state index in [0.717, 1.165) is 4.68 Å². The van der Waals surface area contributed by atoms with E-state index in [-0.39, 0.29) is 0 Å². The van der Waals surface area contributed by atoms with E-state index < -0.39 is 47.6 Å². The molecule has 0 bridgehead atoms. The molecule has 11 heteroatoms. The third kappa shape index (κ3) is 4.80. The molecule has 0 aliphatic carbocycles. The fourth-order valence-electron chi connectivity index (χ4n) is 2.66. The summed E-state index contributed by atoms with van der Waals surface area (Å²) in [5, 5.41) is 7.23. The van der Waals surface area contributed by atoms with E-state index >= 15 is 0 Å². The number of nitrogens with zero attached hydrogens (tertiary/aromatic N) is 4. The van der Waals surface area contributed by atoms with E-state index in [4.69, 9.17) is 16.3 Å². The van der Waals surface area contributed by atoms with Gasteiger partial charge < -0.3 is 14.4 Å². The molecule has 1 amide bonds. The molecule has 0 N–H and O–H groups in total. The summed E-state index contributed by atoms with van der Waals surface area (Å²) in [7, 11) is 0. The van der Waals surface area contributed by atoms with Crippen LogP contribution in [0.4, 0.5) is 13.6 Å². The Morgan fingerprint density at radius 1 is 1.31 bits per heavy atom. The highest BCUT2D eigenvalue weighted by Crippen LogP contribution is 2.30. The van der Waals surface area contributed by atoms with Gasteiger partial charge >= 0.3 is 12.1 Å². The number of esters is 1. The average molecular weight is 395 g/mol. The second-order valence-corrected chi connectivity index (χ2v) is 7.03. The van der Waals surface area contributed by atoms with Gasteiger partial charge in [-0.25, -0.2) is 23.1 Å². The lowest BCUT2D eigenvalue weighted by Crippen LogP contribution is -2.42. The van der Waals surface area contributed by atoms with E-state index in [9.17, 15) is 18.4 Å². The number of carbonyl (C=O) groups excluding carboxylic acids is 2. The molecule has 1 saturated heterocycles. The smallest absolute Gasteiger partial charge is 0.410 e. The van der Waals surface area contributed by atoms with Crippen LogP contribution >= 0.6 is 11.6 Å². The largest absolute Gasteiger partial charge is 0.445 e. The van der Waals surface area contributed by atoms with Gasteiger partial charge in [-0.1, -0.05) is 16.8 Å². The molecule has 1 aliphatic heterocycles. The van der Waals surface area contributed by atoms with Crippen LogP contribution in [0.25, 0.3) is 0 Å². The molecule has 0 unspecified atom stereocenters. The number of rotatable bonds is 4. The Bertz CT molecular complexity index is 655. The van der Waals surface area contributed by atoms with Gasteiger partial charge in [-0.2, -0.15) is 0 Å². The maximum atomic E-state index is 13.4. The van der Waals surface area contributed by atoms with E-state index in [1.54, 1.807) is 20.8 Å². The van der Waals surface area contributed by atoms with E-state index in [0.29, 0.717) is 25.9 Å². The second-order valence-electron chi connectivity index (χ2n) is 6.81. The van der Waals surface area contributed by atoms with Crippen LogP contribution in [0.3, 0.4) is 0 Å². The molecular formula is C15H21ClF2N4O4. The molecular weight excluding hydrogens is 374 g/mol. The number of carbonyl (C=O) groups is 2. The topological polar surface area (TPSA) is 86.5 Å². The Hall–Kier alpha value is -1.97. The van der Waals surface area contributed by atoms with Crippen molar-refractivity contribution in [1.29, 1.82) is 0 Å². The minimum absolute atomic E-state index is 0.323. The number of aromatic nitrogens is 3. The summed E-state index contributed by atoms with van der Waals surface area (Å²) in [4.78, 5) is 25.3. The molecule has 0 atom stereocenters. The molecule has 2 heterocycles. The molecule has 146 valence electrons. The van der Waals surface area contributed by atoms with Crippen LogP contribution in [0.5, 0.6) is 0 Å². The average Bonchev–Trinajstić information content (AvgIpc) is 2.99. The highest BCUT2D eigenvalue weighted by molar-refractivity contribution is 6.17. The minimum Gasteiger partial charge on any atom is -0.445 e. The molecule has 0 saturated carbocycles. The summed E-state index contributed by atoms with van der Waals surface area (Å²) < 4.78 is 37.8. The maximum Gasteiger partial charge on any atom is 0.410 e. The van der Waals surface area contributed by atoms with Crippen molar-refractivity contribution >= 4 is 23.7 Å². The number of hydrogen-bond acceptors (Lipinski definition) is 6. The van der Waals surface area contributed by atoms with Crippen molar-refractivity contribution in [2.75, 3.05) is 19.2 Å². The van der Waals surface area contributed by atoms with Gasteiger partial charge in [0.15, 0.2) is 11.8 Å². The summed E-state index contributed by atoms with van der Waals surface area (Å²) in [6, 6.07) is -0.884. The summed E-state index contributed by atoms with van der Waals surface area (Å²) in [5.74, 6) is -1.05. The molecule has 0 radical (unpaired) electrons. The van der Waals surface area contributed by atoms with Crippen LogP contribution in [-0.2, 0) is 9.47 Å². The van der Waals surface area contributed by atoms with Gasteiger partial charge in [0, 0.05) is 13.1 Å². The normalized spacial score (nSPS) is 16.0. The number of amides is 1. The van der Waals surface area contributed by atoms with Crippen molar-refractivity contribution in [3.05, 3.63) is 11.4 Å². The Balaban J connectivity index is 2.10. The van der Waals surface area contributed by atoms with Gasteiger partial charge in [0.2, 0.25) is 0 Å². The highest BCUT2D eigenvalue weighted by Gasteiger charge is 2.33. The van der Waals surface area contributed by atoms with E-state index in [2.05, 4.69) is 15.0 Å². The van der Waals surface area contributed by atoms with Crippen LogP contribution < -0.4 is 0 Å². The van der Waals surface area contributed by atoms with E-state index in [1.165, 1.54) is 4.90 Å². The lowest BCUT2D eigenvalue weighted by atomic mass is 10.1. The quantitative estimate of drug-likeness (QED) is 0.576. The van der Waals surface area contributed by atoms with Crippen LogP contribution in [0, 0.1) is 0 Å². The Labute approximate surface area is 154 Å². The van der Waals surface area contributed by atoms with Crippen molar-refractivity contribution in [2.45, 2.75) is 51.7 Å². The molecule has 0 aromatic carbocycles. The van der Waals surface area contributed by atoms with Crippen molar-refractivity contribution in [3.63, 3.8) is 0 Å². The first-order valence-electron chi connectivity index (χ1n) is 8.08. The standard InChI is InChI=1S/C15H21ClF2N4O4/c1-15(2,3)26-14(24)21-6-4-9(5-7-21)22-11(12(17)18)10(19-20-22)13(23)25-8-16/h9,12H,4-8H2,1-3H3. The zero-order valence-corrected chi connectivity index (χ0v) is 15.5. The van der Waals surface area contributed by atoms with Gasteiger partial charge in [0.1, 0.15) is 11.3 Å². The number of likely N-dealkylation sites (tertiary alicyclic amines) is 1. The van der Waals surface area contributed by atoms with Crippen LogP contribution in [0.1, 0.15) is 62.3 Å². The third-order valence-corrected chi connectivity index (χ3v) is 3.89. The molecule has 2 rings (SSSR count). The third-order valence-electron chi connectivity index (χ3n) is 3.78. The first-order valence-corrected chi connectivity index (χ1v) is 8.61. The number of piperidine rings is 1. The monoisotopic (exact) mass is 394 g/mol. The first kappa shape index (κ1) is 20.3.